The second-order valence-corrected chi connectivity index (χ2v) is 9.05. The Balaban J connectivity index is 1.55. The van der Waals surface area contributed by atoms with Crippen LogP contribution in [0.15, 0.2) is 6.33 Å². The zero-order valence-electron chi connectivity index (χ0n) is 16.2. The van der Waals surface area contributed by atoms with Gasteiger partial charge in [0, 0.05) is 22.9 Å². The molecule has 0 aromatic carbocycles. The molecule has 0 bridgehead atoms. The van der Waals surface area contributed by atoms with Gasteiger partial charge in [-0.1, -0.05) is 6.92 Å². The van der Waals surface area contributed by atoms with Gasteiger partial charge >= 0.3 is 0 Å². The Morgan fingerprint density at radius 3 is 2.78 bits per heavy atom. The van der Waals surface area contributed by atoms with Gasteiger partial charge in [0.15, 0.2) is 0 Å². The summed E-state index contributed by atoms with van der Waals surface area (Å²) in [5, 5.41) is 4.82. The Bertz CT molecular complexity index is 827. The lowest BCUT2D eigenvalue weighted by Crippen LogP contribution is -2.38. The van der Waals surface area contributed by atoms with Gasteiger partial charge in [0.25, 0.3) is 0 Å². The van der Waals surface area contributed by atoms with Crippen molar-refractivity contribution in [2.75, 3.05) is 18.9 Å². The second kappa shape index (κ2) is 7.72. The summed E-state index contributed by atoms with van der Waals surface area (Å²) in [6.07, 6.45) is 8.92. The maximum Gasteiger partial charge on any atom is 0.220 e. The Kier molecular flexibility index (Phi) is 5.32. The van der Waals surface area contributed by atoms with Gasteiger partial charge in [-0.2, -0.15) is 0 Å². The lowest BCUT2D eigenvalue weighted by atomic mass is 9.86. The average Bonchev–Trinajstić information content (AvgIpc) is 3.06. The zero-order chi connectivity index (χ0) is 19.0. The number of aryl methyl sites for hydroxylation is 1. The van der Waals surface area contributed by atoms with Gasteiger partial charge in [-0.3, -0.25) is 4.79 Å². The molecular weight excluding hydrogens is 358 g/mol. The molecule has 7 heteroatoms. The number of amides is 1. The third-order valence-electron chi connectivity index (χ3n) is 6.40. The van der Waals surface area contributed by atoms with Gasteiger partial charge in [-0.25, -0.2) is 9.97 Å². The van der Waals surface area contributed by atoms with Crippen molar-refractivity contribution < 1.29 is 4.79 Å². The van der Waals surface area contributed by atoms with E-state index < -0.39 is 0 Å². The van der Waals surface area contributed by atoms with E-state index in [1.807, 2.05) is 0 Å². The molecule has 2 aliphatic carbocycles. The molecule has 2 heterocycles. The largest absolute Gasteiger partial charge is 0.369 e. The van der Waals surface area contributed by atoms with Gasteiger partial charge in [-0.05, 0) is 64.1 Å². The highest BCUT2D eigenvalue weighted by Crippen LogP contribution is 2.40. The lowest BCUT2D eigenvalue weighted by molar-refractivity contribution is -0.122. The van der Waals surface area contributed by atoms with Gasteiger partial charge in [-0.15, -0.1) is 11.3 Å². The minimum atomic E-state index is -0.190. The lowest BCUT2D eigenvalue weighted by Gasteiger charge is -2.34. The molecule has 4 rings (SSSR count). The minimum Gasteiger partial charge on any atom is -0.369 e. The van der Waals surface area contributed by atoms with E-state index in [2.05, 4.69) is 34.2 Å². The maximum absolute atomic E-state index is 11.7. The van der Waals surface area contributed by atoms with Crippen molar-refractivity contribution in [2.45, 2.75) is 64.0 Å². The van der Waals surface area contributed by atoms with Crippen molar-refractivity contribution in [1.29, 1.82) is 0 Å². The SMILES string of the molecule is CCN(C)C1CCC(Nc2ncnc3sc4c(c23)C[C@H](C(N)=O)CC4)CC1. The van der Waals surface area contributed by atoms with Crippen LogP contribution < -0.4 is 11.1 Å². The van der Waals surface area contributed by atoms with E-state index in [9.17, 15) is 4.79 Å². The summed E-state index contributed by atoms with van der Waals surface area (Å²) in [6, 6.07) is 1.15. The third kappa shape index (κ3) is 3.67. The maximum atomic E-state index is 11.7. The molecule has 6 nitrogen and oxygen atoms in total. The van der Waals surface area contributed by atoms with Crippen molar-refractivity contribution in [1.82, 2.24) is 14.9 Å². The quantitative estimate of drug-likeness (QED) is 0.824. The van der Waals surface area contributed by atoms with E-state index in [1.54, 1.807) is 17.7 Å². The summed E-state index contributed by atoms with van der Waals surface area (Å²) in [7, 11) is 2.22. The highest BCUT2D eigenvalue weighted by Gasteiger charge is 2.29. The number of nitrogens with one attached hydrogen (secondary N) is 1. The van der Waals surface area contributed by atoms with Crippen LogP contribution in [0.4, 0.5) is 5.82 Å². The fourth-order valence-corrected chi connectivity index (χ4v) is 5.76. The van der Waals surface area contributed by atoms with Crippen molar-refractivity contribution in [3.8, 4) is 0 Å². The highest BCUT2D eigenvalue weighted by atomic mass is 32.1. The van der Waals surface area contributed by atoms with Gasteiger partial charge in [0.05, 0.1) is 5.39 Å². The van der Waals surface area contributed by atoms with E-state index in [-0.39, 0.29) is 11.8 Å². The number of fused-ring (bicyclic) bond motifs is 3. The van der Waals surface area contributed by atoms with Crippen molar-refractivity contribution >= 4 is 33.3 Å². The second-order valence-electron chi connectivity index (χ2n) is 7.97. The van der Waals surface area contributed by atoms with E-state index in [1.165, 1.54) is 23.3 Å². The first-order valence-electron chi connectivity index (χ1n) is 10.1. The Morgan fingerprint density at radius 1 is 1.30 bits per heavy atom. The summed E-state index contributed by atoms with van der Waals surface area (Å²) in [5.74, 6) is 0.683. The molecule has 0 radical (unpaired) electrons. The number of hydrogen-bond acceptors (Lipinski definition) is 6. The number of anilines is 1. The molecule has 0 aliphatic heterocycles. The van der Waals surface area contributed by atoms with E-state index in [4.69, 9.17) is 5.73 Å². The van der Waals surface area contributed by atoms with E-state index in [0.717, 1.165) is 54.7 Å². The predicted octanol–water partition coefficient (Wildman–Crippen LogP) is 2.96. The fourth-order valence-electron chi connectivity index (χ4n) is 4.57. The van der Waals surface area contributed by atoms with Crippen molar-refractivity contribution in [2.24, 2.45) is 11.7 Å². The molecule has 1 amide bonds. The molecule has 2 aromatic rings. The number of rotatable bonds is 5. The third-order valence-corrected chi connectivity index (χ3v) is 7.60. The van der Waals surface area contributed by atoms with Crippen LogP contribution in [0.3, 0.4) is 0 Å². The summed E-state index contributed by atoms with van der Waals surface area (Å²) in [6.45, 7) is 3.33. The van der Waals surface area contributed by atoms with E-state index >= 15 is 0 Å². The summed E-state index contributed by atoms with van der Waals surface area (Å²) in [5.41, 5.74) is 6.83. The van der Waals surface area contributed by atoms with Crippen LogP contribution in [0.2, 0.25) is 0 Å². The summed E-state index contributed by atoms with van der Waals surface area (Å²) < 4.78 is 0. The average molecular weight is 388 g/mol. The van der Waals surface area contributed by atoms with Crippen molar-refractivity contribution in [3.05, 3.63) is 16.8 Å². The molecule has 1 atom stereocenters. The molecular formula is C20H29N5OS. The summed E-state index contributed by atoms with van der Waals surface area (Å²) >= 11 is 1.75. The number of nitrogens with zero attached hydrogens (tertiary/aromatic N) is 3. The zero-order valence-corrected chi connectivity index (χ0v) is 17.0. The Labute approximate surface area is 164 Å². The Morgan fingerprint density at radius 2 is 2.07 bits per heavy atom. The highest BCUT2D eigenvalue weighted by molar-refractivity contribution is 7.19. The van der Waals surface area contributed by atoms with Gasteiger partial charge in [0.2, 0.25) is 5.91 Å². The van der Waals surface area contributed by atoms with Crippen LogP contribution in [0.5, 0.6) is 0 Å². The Hall–Kier alpha value is -1.73. The molecule has 146 valence electrons. The first-order valence-corrected chi connectivity index (χ1v) is 10.9. The van der Waals surface area contributed by atoms with Crippen LogP contribution in [-0.4, -0.2) is 46.5 Å². The number of aromatic nitrogens is 2. The number of nitrogens with two attached hydrogens (primary N) is 1. The van der Waals surface area contributed by atoms with Crippen molar-refractivity contribution in [3.63, 3.8) is 0 Å². The fraction of sp³-hybridized carbons (Fsp3) is 0.650. The van der Waals surface area contributed by atoms with Gasteiger partial charge < -0.3 is 16.0 Å². The predicted molar refractivity (Wildman–Crippen MR) is 110 cm³/mol. The van der Waals surface area contributed by atoms with E-state index in [0.29, 0.717) is 12.1 Å². The van der Waals surface area contributed by atoms with Crippen LogP contribution in [0.25, 0.3) is 10.2 Å². The molecule has 0 unspecified atom stereocenters. The first-order chi connectivity index (χ1) is 13.1. The number of primary amides is 1. The first kappa shape index (κ1) is 18.6. The van der Waals surface area contributed by atoms with Crippen LogP contribution in [-0.2, 0) is 17.6 Å². The number of carbonyl (C=O) groups is 1. The number of hydrogen-bond donors (Lipinski definition) is 2. The molecule has 1 fully saturated rings. The normalized spacial score (nSPS) is 25.5. The number of thiophene rings is 1. The van der Waals surface area contributed by atoms with Crippen LogP contribution >= 0.6 is 11.3 Å². The monoisotopic (exact) mass is 387 g/mol. The van der Waals surface area contributed by atoms with Crippen LogP contribution in [0, 0.1) is 5.92 Å². The van der Waals surface area contributed by atoms with Crippen LogP contribution in [0.1, 0.15) is 49.5 Å². The minimum absolute atomic E-state index is 0.0663. The molecule has 0 saturated heterocycles. The number of carbonyl (C=O) groups excluding carboxylic acids is 1. The molecule has 3 N–H and O–H groups in total. The topological polar surface area (TPSA) is 84.1 Å². The molecule has 2 aromatic heterocycles. The molecule has 27 heavy (non-hydrogen) atoms. The molecule has 2 aliphatic rings. The van der Waals surface area contributed by atoms with Gasteiger partial charge in [0.1, 0.15) is 17.0 Å². The molecule has 0 spiro atoms. The summed E-state index contributed by atoms with van der Waals surface area (Å²) in [4.78, 5) is 25.6. The smallest absolute Gasteiger partial charge is 0.220 e. The standard InChI is InChI=1S/C20H29N5OS/c1-3-25(2)14-7-5-13(6-8-14)24-19-17-15-10-12(18(21)26)4-9-16(15)27-20(17)23-11-22-19/h11-14H,3-10H2,1-2H3,(H2,21,26)(H,22,23,24)/t12-,13?,14?/m1/s1. The molecule has 1 saturated carbocycles.